The normalized spacial score (nSPS) is 10.9. The van der Waals surface area contributed by atoms with Crippen LogP contribution in [-0.4, -0.2) is 28.5 Å². The zero-order chi connectivity index (χ0) is 18.8. The SMILES string of the molecule is CCN(C(=O)Cc1c(C(=O)O)[nH]c2ccc(Cl)cc12)c1ccccc1C. The van der Waals surface area contributed by atoms with Gasteiger partial charge in [0.25, 0.3) is 0 Å². The van der Waals surface area contributed by atoms with Gasteiger partial charge < -0.3 is 15.0 Å². The highest BCUT2D eigenvalue weighted by Gasteiger charge is 2.23. The molecule has 26 heavy (non-hydrogen) atoms. The number of H-pyrrole nitrogens is 1. The molecule has 3 rings (SSSR count). The number of amides is 1. The van der Waals surface area contributed by atoms with E-state index in [-0.39, 0.29) is 18.0 Å². The number of rotatable bonds is 5. The van der Waals surface area contributed by atoms with E-state index in [0.29, 0.717) is 28.0 Å². The molecule has 6 heteroatoms. The van der Waals surface area contributed by atoms with Gasteiger partial charge in [-0.1, -0.05) is 29.8 Å². The number of para-hydroxylation sites is 1. The molecule has 0 fully saturated rings. The second-order valence-electron chi connectivity index (χ2n) is 6.07. The molecule has 0 unspecified atom stereocenters. The Labute approximate surface area is 156 Å². The number of anilines is 1. The van der Waals surface area contributed by atoms with Gasteiger partial charge in [0.15, 0.2) is 0 Å². The minimum absolute atomic E-state index is 0.0237. The molecule has 0 radical (unpaired) electrons. The van der Waals surface area contributed by atoms with Crippen LogP contribution in [0.25, 0.3) is 10.9 Å². The van der Waals surface area contributed by atoms with Crippen LogP contribution in [0, 0.1) is 6.92 Å². The summed E-state index contributed by atoms with van der Waals surface area (Å²) >= 11 is 6.07. The number of nitrogens with one attached hydrogen (secondary N) is 1. The third-order valence-corrected chi connectivity index (χ3v) is 4.67. The number of aromatic amines is 1. The second-order valence-corrected chi connectivity index (χ2v) is 6.51. The van der Waals surface area contributed by atoms with E-state index in [0.717, 1.165) is 11.3 Å². The van der Waals surface area contributed by atoms with Crippen LogP contribution < -0.4 is 4.90 Å². The van der Waals surface area contributed by atoms with Gasteiger partial charge in [0.2, 0.25) is 5.91 Å². The van der Waals surface area contributed by atoms with Crippen LogP contribution >= 0.6 is 11.6 Å². The van der Waals surface area contributed by atoms with E-state index in [1.54, 1.807) is 23.1 Å². The van der Waals surface area contributed by atoms with E-state index >= 15 is 0 Å². The Bertz CT molecular complexity index is 994. The summed E-state index contributed by atoms with van der Waals surface area (Å²) in [6.45, 7) is 4.34. The number of halogens is 1. The van der Waals surface area contributed by atoms with Crippen molar-refractivity contribution in [2.75, 3.05) is 11.4 Å². The molecule has 3 aromatic rings. The highest BCUT2D eigenvalue weighted by atomic mass is 35.5. The number of hydrogen-bond donors (Lipinski definition) is 2. The number of likely N-dealkylation sites (N-methyl/N-ethyl adjacent to an activating group) is 1. The van der Waals surface area contributed by atoms with Crippen LogP contribution in [0.5, 0.6) is 0 Å². The van der Waals surface area contributed by atoms with E-state index in [9.17, 15) is 14.7 Å². The van der Waals surface area contributed by atoms with Gasteiger partial charge in [-0.25, -0.2) is 4.79 Å². The van der Waals surface area contributed by atoms with Crippen molar-refractivity contribution < 1.29 is 14.7 Å². The van der Waals surface area contributed by atoms with E-state index in [2.05, 4.69) is 4.98 Å². The van der Waals surface area contributed by atoms with Crippen LogP contribution in [0.4, 0.5) is 5.69 Å². The summed E-state index contributed by atoms with van der Waals surface area (Å²) < 4.78 is 0. The first-order valence-electron chi connectivity index (χ1n) is 8.31. The molecule has 1 amide bonds. The van der Waals surface area contributed by atoms with Crippen LogP contribution in [0.2, 0.25) is 5.02 Å². The number of fused-ring (bicyclic) bond motifs is 1. The number of carboxylic acid groups (broad SMARTS) is 1. The van der Waals surface area contributed by atoms with Crippen LogP contribution in [0.15, 0.2) is 42.5 Å². The zero-order valence-corrected chi connectivity index (χ0v) is 15.3. The maximum absolute atomic E-state index is 13.0. The molecule has 5 nitrogen and oxygen atoms in total. The summed E-state index contributed by atoms with van der Waals surface area (Å²) in [4.78, 5) is 29.2. The number of aromatic carboxylic acids is 1. The van der Waals surface area contributed by atoms with Crippen molar-refractivity contribution in [2.45, 2.75) is 20.3 Å². The molecule has 0 saturated heterocycles. The minimum atomic E-state index is -1.10. The van der Waals surface area contributed by atoms with Gasteiger partial charge in [-0.15, -0.1) is 0 Å². The number of aromatic nitrogens is 1. The number of carboxylic acids is 1. The molecule has 0 aliphatic carbocycles. The molecule has 0 saturated carbocycles. The lowest BCUT2D eigenvalue weighted by atomic mass is 10.1. The first-order valence-corrected chi connectivity index (χ1v) is 8.69. The molecular formula is C20H19ClN2O3. The van der Waals surface area contributed by atoms with Gasteiger partial charge >= 0.3 is 5.97 Å². The van der Waals surface area contributed by atoms with Gasteiger partial charge in [0.1, 0.15) is 5.69 Å². The van der Waals surface area contributed by atoms with Gasteiger partial charge in [-0.05, 0) is 43.7 Å². The Morgan fingerprint density at radius 3 is 2.58 bits per heavy atom. The minimum Gasteiger partial charge on any atom is -0.477 e. The average Bonchev–Trinajstić information content (AvgIpc) is 2.95. The van der Waals surface area contributed by atoms with Crippen molar-refractivity contribution in [3.05, 3.63) is 64.3 Å². The molecule has 2 N–H and O–H groups in total. The number of carbonyl (C=O) groups is 2. The van der Waals surface area contributed by atoms with Crippen molar-refractivity contribution in [1.29, 1.82) is 0 Å². The second kappa shape index (κ2) is 7.22. The van der Waals surface area contributed by atoms with Crippen molar-refractivity contribution in [1.82, 2.24) is 4.98 Å². The number of benzene rings is 2. The molecule has 1 heterocycles. The molecule has 0 aliphatic rings. The van der Waals surface area contributed by atoms with E-state index < -0.39 is 5.97 Å². The van der Waals surface area contributed by atoms with Crippen molar-refractivity contribution in [3.63, 3.8) is 0 Å². The molecule has 0 aliphatic heterocycles. The predicted molar refractivity (Wildman–Crippen MR) is 103 cm³/mol. The molecule has 0 spiro atoms. The molecule has 1 aromatic heterocycles. The monoisotopic (exact) mass is 370 g/mol. The van der Waals surface area contributed by atoms with E-state index in [1.807, 2.05) is 38.1 Å². The van der Waals surface area contributed by atoms with E-state index in [1.165, 1.54) is 0 Å². The third-order valence-electron chi connectivity index (χ3n) is 4.43. The standard InChI is InChI=1S/C20H19ClN2O3/c1-3-23(17-7-5-4-6-12(17)2)18(24)11-15-14-10-13(21)8-9-16(14)22-19(15)20(25)26/h4-10,22H,3,11H2,1-2H3,(H,25,26). The molecular weight excluding hydrogens is 352 g/mol. The Morgan fingerprint density at radius 2 is 1.92 bits per heavy atom. The van der Waals surface area contributed by atoms with Crippen molar-refractivity contribution >= 4 is 40.1 Å². The van der Waals surface area contributed by atoms with E-state index in [4.69, 9.17) is 11.6 Å². The Hall–Kier alpha value is -2.79. The lowest BCUT2D eigenvalue weighted by Gasteiger charge is -2.23. The predicted octanol–water partition coefficient (Wildman–Crippen LogP) is 4.42. The topological polar surface area (TPSA) is 73.4 Å². The van der Waals surface area contributed by atoms with Crippen LogP contribution in [-0.2, 0) is 11.2 Å². The molecule has 2 aromatic carbocycles. The van der Waals surface area contributed by atoms with Gasteiger partial charge in [0.05, 0.1) is 6.42 Å². The van der Waals surface area contributed by atoms with Gasteiger partial charge in [-0.2, -0.15) is 0 Å². The highest BCUT2D eigenvalue weighted by Crippen LogP contribution is 2.28. The first kappa shape index (κ1) is 18.0. The lowest BCUT2D eigenvalue weighted by molar-refractivity contribution is -0.117. The highest BCUT2D eigenvalue weighted by molar-refractivity contribution is 6.31. The molecule has 0 atom stereocenters. The molecule has 134 valence electrons. The smallest absolute Gasteiger partial charge is 0.352 e. The summed E-state index contributed by atoms with van der Waals surface area (Å²) in [5.41, 5.74) is 2.94. The Morgan fingerprint density at radius 1 is 1.19 bits per heavy atom. The van der Waals surface area contributed by atoms with Gasteiger partial charge in [0, 0.05) is 33.7 Å². The first-order chi connectivity index (χ1) is 12.4. The number of aryl methyl sites for hydroxylation is 1. The third kappa shape index (κ3) is 3.30. The summed E-state index contributed by atoms with van der Waals surface area (Å²) in [7, 11) is 0. The van der Waals surface area contributed by atoms with Crippen LogP contribution in [0.1, 0.15) is 28.5 Å². The largest absolute Gasteiger partial charge is 0.477 e. The van der Waals surface area contributed by atoms with Crippen molar-refractivity contribution in [2.24, 2.45) is 0 Å². The van der Waals surface area contributed by atoms with Crippen LogP contribution in [0.3, 0.4) is 0 Å². The summed E-state index contributed by atoms with van der Waals surface area (Å²) in [5.74, 6) is -1.26. The summed E-state index contributed by atoms with van der Waals surface area (Å²) in [6, 6.07) is 12.7. The Kier molecular flexibility index (Phi) is 5.00. The quantitative estimate of drug-likeness (QED) is 0.698. The average molecular weight is 371 g/mol. The fourth-order valence-corrected chi connectivity index (χ4v) is 3.35. The van der Waals surface area contributed by atoms with Crippen molar-refractivity contribution in [3.8, 4) is 0 Å². The Balaban J connectivity index is 2.03. The number of hydrogen-bond acceptors (Lipinski definition) is 2. The maximum Gasteiger partial charge on any atom is 0.352 e. The fourth-order valence-electron chi connectivity index (χ4n) is 3.18. The van der Waals surface area contributed by atoms with Gasteiger partial charge in [-0.3, -0.25) is 4.79 Å². The maximum atomic E-state index is 13.0. The fraction of sp³-hybridized carbons (Fsp3) is 0.200. The lowest BCUT2D eigenvalue weighted by Crippen LogP contribution is -2.32. The summed E-state index contributed by atoms with van der Waals surface area (Å²) in [5, 5.41) is 10.7. The number of carbonyl (C=O) groups excluding carboxylic acids is 1. The summed E-state index contributed by atoms with van der Waals surface area (Å²) in [6.07, 6.45) is -0.0237. The zero-order valence-electron chi connectivity index (χ0n) is 14.5. The molecule has 0 bridgehead atoms. The number of nitrogens with zero attached hydrogens (tertiary/aromatic N) is 1.